The lowest BCUT2D eigenvalue weighted by atomic mass is 9.93. The van der Waals surface area contributed by atoms with Gasteiger partial charge in [-0.15, -0.1) is 0 Å². The third-order valence-electron chi connectivity index (χ3n) is 5.35. The number of methoxy groups -OCH3 is 1. The van der Waals surface area contributed by atoms with Gasteiger partial charge in [-0.05, 0) is 36.5 Å². The second-order valence-electron chi connectivity index (χ2n) is 8.65. The zero-order valence-corrected chi connectivity index (χ0v) is 20.3. The maximum atomic E-state index is 13.1. The van der Waals surface area contributed by atoms with E-state index in [1.54, 1.807) is 11.8 Å². The average molecular weight is 462 g/mol. The lowest BCUT2D eigenvalue weighted by molar-refractivity contribution is -0.146. The number of esters is 1. The van der Waals surface area contributed by atoms with Gasteiger partial charge in [0.2, 0.25) is 5.91 Å². The fourth-order valence-electron chi connectivity index (χ4n) is 3.55. The standard InChI is InChI=1S/C25H35NO5S/c1-17(2)13-22-23(27)15-20(25(29)30-4)16-32-12-6-5-11-31-21-9-7-19(8-10-21)14-18(3)24(28)26-22/h5-10,17-18,20,22H,11-16H2,1-4H3,(H,26,28)/b6-5+/t18-,20-,22-/m0/s1. The minimum absolute atomic E-state index is 0.0553. The van der Waals surface area contributed by atoms with E-state index < -0.39 is 17.9 Å². The highest BCUT2D eigenvalue weighted by Crippen LogP contribution is 2.20. The Morgan fingerprint density at radius 1 is 1.19 bits per heavy atom. The van der Waals surface area contributed by atoms with Gasteiger partial charge in [0.05, 0.1) is 19.1 Å². The molecule has 2 aliphatic rings. The van der Waals surface area contributed by atoms with Crippen molar-refractivity contribution in [1.82, 2.24) is 5.32 Å². The van der Waals surface area contributed by atoms with Crippen LogP contribution in [-0.2, 0) is 25.5 Å². The van der Waals surface area contributed by atoms with Gasteiger partial charge in [-0.25, -0.2) is 0 Å². The third kappa shape index (κ3) is 8.69. The molecule has 0 aromatic heterocycles. The van der Waals surface area contributed by atoms with E-state index in [1.807, 2.05) is 57.2 Å². The molecular weight excluding hydrogens is 426 g/mol. The molecule has 0 saturated carbocycles. The average Bonchev–Trinajstić information content (AvgIpc) is 2.76. The highest BCUT2D eigenvalue weighted by atomic mass is 32.2. The molecule has 7 heteroatoms. The maximum absolute atomic E-state index is 13.1. The van der Waals surface area contributed by atoms with Gasteiger partial charge in [0.1, 0.15) is 12.4 Å². The Balaban J connectivity index is 2.22. The first-order valence-electron chi connectivity index (χ1n) is 11.2. The summed E-state index contributed by atoms with van der Waals surface area (Å²) in [5.74, 6) is 0.673. The normalized spacial score (nSPS) is 24.6. The van der Waals surface area contributed by atoms with E-state index in [-0.39, 0.29) is 29.9 Å². The molecule has 1 aromatic carbocycles. The minimum Gasteiger partial charge on any atom is -0.490 e. The predicted octanol–water partition coefficient (Wildman–Crippen LogP) is 3.83. The van der Waals surface area contributed by atoms with Crippen LogP contribution in [0.1, 0.15) is 39.2 Å². The van der Waals surface area contributed by atoms with Crippen molar-refractivity contribution in [2.45, 2.75) is 46.1 Å². The monoisotopic (exact) mass is 461 g/mol. The minimum atomic E-state index is -0.611. The molecule has 0 unspecified atom stereocenters. The molecule has 3 atom stereocenters. The van der Waals surface area contributed by atoms with E-state index in [0.29, 0.717) is 31.0 Å². The van der Waals surface area contributed by atoms with Gasteiger partial charge in [-0.2, -0.15) is 11.8 Å². The van der Waals surface area contributed by atoms with Crippen molar-refractivity contribution >= 4 is 29.4 Å². The van der Waals surface area contributed by atoms with Crippen LogP contribution in [0.2, 0.25) is 0 Å². The van der Waals surface area contributed by atoms with Crippen LogP contribution in [-0.4, -0.2) is 48.9 Å². The molecule has 1 N–H and O–H groups in total. The fraction of sp³-hybridized carbons (Fsp3) is 0.560. The maximum Gasteiger partial charge on any atom is 0.309 e. The molecule has 2 bridgehead atoms. The van der Waals surface area contributed by atoms with Crippen LogP contribution in [0.3, 0.4) is 0 Å². The SMILES string of the molecule is COC(=O)[C@@H]1CSC/C=C/COc2ccc(cc2)C[C@H](C)C(=O)N[C@@H](CC(C)C)C(=O)C1. The van der Waals surface area contributed by atoms with Gasteiger partial charge in [0.25, 0.3) is 0 Å². The quantitative estimate of drug-likeness (QED) is 0.544. The summed E-state index contributed by atoms with van der Waals surface area (Å²) in [6.07, 6.45) is 5.09. The van der Waals surface area contributed by atoms with Crippen LogP contribution in [0.15, 0.2) is 36.4 Å². The molecule has 1 aromatic rings. The summed E-state index contributed by atoms with van der Waals surface area (Å²) < 4.78 is 10.6. The van der Waals surface area contributed by atoms with Gasteiger partial charge in [0.15, 0.2) is 5.78 Å². The molecule has 0 spiro atoms. The van der Waals surface area contributed by atoms with Crippen LogP contribution in [0.5, 0.6) is 5.75 Å². The first-order valence-corrected chi connectivity index (χ1v) is 12.3. The number of carbonyl (C=O) groups excluding carboxylic acids is 3. The van der Waals surface area contributed by atoms with Crippen LogP contribution < -0.4 is 10.1 Å². The van der Waals surface area contributed by atoms with Crippen LogP contribution in [0.4, 0.5) is 0 Å². The van der Waals surface area contributed by atoms with Gasteiger partial charge in [-0.1, -0.05) is 45.1 Å². The molecule has 0 fully saturated rings. The van der Waals surface area contributed by atoms with Crippen molar-refractivity contribution in [3.05, 3.63) is 42.0 Å². The van der Waals surface area contributed by atoms with E-state index in [4.69, 9.17) is 9.47 Å². The Morgan fingerprint density at radius 3 is 2.56 bits per heavy atom. The number of rotatable bonds is 3. The molecule has 0 radical (unpaired) electrons. The zero-order chi connectivity index (χ0) is 23.5. The van der Waals surface area contributed by atoms with Crippen molar-refractivity contribution in [2.75, 3.05) is 25.2 Å². The van der Waals surface area contributed by atoms with E-state index in [0.717, 1.165) is 11.3 Å². The Morgan fingerprint density at radius 2 is 1.91 bits per heavy atom. The molecule has 176 valence electrons. The van der Waals surface area contributed by atoms with Crippen LogP contribution >= 0.6 is 11.8 Å². The smallest absolute Gasteiger partial charge is 0.309 e. The van der Waals surface area contributed by atoms with Crippen LogP contribution in [0.25, 0.3) is 0 Å². The predicted molar refractivity (Wildman–Crippen MR) is 128 cm³/mol. The molecule has 0 aliphatic carbocycles. The number of Topliss-reactive ketones (excluding diaryl/α,β-unsaturated/α-hetero) is 1. The van der Waals surface area contributed by atoms with Crippen molar-refractivity contribution in [2.24, 2.45) is 17.8 Å². The first-order chi connectivity index (χ1) is 15.3. The van der Waals surface area contributed by atoms with Gasteiger partial charge in [0, 0.05) is 23.8 Å². The molecule has 2 aliphatic heterocycles. The van der Waals surface area contributed by atoms with Crippen molar-refractivity contribution < 1.29 is 23.9 Å². The number of amides is 1. The van der Waals surface area contributed by atoms with Crippen molar-refractivity contribution in [3.8, 4) is 5.75 Å². The Hall–Kier alpha value is -2.28. The van der Waals surface area contributed by atoms with Gasteiger partial charge in [-0.3, -0.25) is 14.4 Å². The Labute approximate surface area is 195 Å². The molecule has 0 saturated heterocycles. The molecular formula is C25H35NO5S. The van der Waals surface area contributed by atoms with Crippen molar-refractivity contribution in [3.63, 3.8) is 0 Å². The number of hydrogen-bond acceptors (Lipinski definition) is 6. The summed E-state index contributed by atoms with van der Waals surface area (Å²) in [5.41, 5.74) is 1.03. The first kappa shape index (κ1) is 26.0. The van der Waals surface area contributed by atoms with Gasteiger partial charge >= 0.3 is 5.97 Å². The highest BCUT2D eigenvalue weighted by molar-refractivity contribution is 7.99. The summed E-state index contributed by atoms with van der Waals surface area (Å²) in [5, 5.41) is 2.95. The molecule has 2 heterocycles. The number of ether oxygens (including phenoxy) is 2. The second-order valence-corrected chi connectivity index (χ2v) is 9.73. The van der Waals surface area contributed by atoms with Crippen LogP contribution in [0, 0.1) is 17.8 Å². The van der Waals surface area contributed by atoms with Crippen molar-refractivity contribution in [1.29, 1.82) is 0 Å². The van der Waals surface area contributed by atoms with E-state index in [9.17, 15) is 14.4 Å². The summed E-state index contributed by atoms with van der Waals surface area (Å²) in [6, 6.07) is 7.13. The number of hydrogen-bond donors (Lipinski definition) is 1. The summed E-state index contributed by atoms with van der Waals surface area (Å²) >= 11 is 1.56. The van der Waals surface area contributed by atoms with Gasteiger partial charge < -0.3 is 14.8 Å². The zero-order valence-electron chi connectivity index (χ0n) is 19.5. The number of thioether (sulfide) groups is 1. The number of ketones is 1. The largest absolute Gasteiger partial charge is 0.490 e. The highest BCUT2D eigenvalue weighted by Gasteiger charge is 2.29. The summed E-state index contributed by atoms with van der Waals surface area (Å²) in [7, 11) is 1.34. The summed E-state index contributed by atoms with van der Waals surface area (Å²) in [6.45, 7) is 6.34. The molecule has 32 heavy (non-hydrogen) atoms. The molecule has 3 rings (SSSR count). The number of benzene rings is 1. The van der Waals surface area contributed by atoms with E-state index in [1.165, 1.54) is 7.11 Å². The number of fused-ring (bicyclic) bond motifs is 15. The number of carbonyl (C=O) groups is 3. The molecule has 6 nitrogen and oxygen atoms in total. The van der Waals surface area contributed by atoms with E-state index >= 15 is 0 Å². The summed E-state index contributed by atoms with van der Waals surface area (Å²) in [4.78, 5) is 38.2. The lowest BCUT2D eigenvalue weighted by Crippen LogP contribution is -2.45. The Bertz CT molecular complexity index is 790. The molecule has 1 amide bonds. The van der Waals surface area contributed by atoms with E-state index in [2.05, 4.69) is 5.32 Å². The third-order valence-corrected chi connectivity index (χ3v) is 6.42. The topological polar surface area (TPSA) is 81.7 Å². The second kappa shape index (κ2) is 13.3. The Kier molecular flexibility index (Phi) is 10.8. The lowest BCUT2D eigenvalue weighted by Gasteiger charge is -2.23. The number of nitrogens with one attached hydrogen (secondary N) is 1. The fourth-order valence-corrected chi connectivity index (χ4v) is 4.49.